The SMILES string of the molecule is CC(C)(C)N(Cc1cc(Oc2cccc(N)c2)nc(C(F)(F)F)c1)C(=O)O. The van der Waals surface area contributed by atoms with Gasteiger partial charge in [-0.05, 0) is 44.5 Å². The van der Waals surface area contributed by atoms with E-state index in [9.17, 15) is 23.1 Å². The molecule has 0 atom stereocenters. The van der Waals surface area contributed by atoms with E-state index >= 15 is 0 Å². The summed E-state index contributed by atoms with van der Waals surface area (Å²) in [5.41, 5.74) is 4.15. The van der Waals surface area contributed by atoms with Crippen LogP contribution in [0.4, 0.5) is 23.7 Å². The lowest BCUT2D eigenvalue weighted by Gasteiger charge is -2.33. The molecule has 0 unspecified atom stereocenters. The molecule has 6 nitrogen and oxygen atoms in total. The molecule has 2 rings (SSSR count). The van der Waals surface area contributed by atoms with E-state index in [2.05, 4.69) is 4.98 Å². The molecular formula is C18H20F3N3O3. The fraction of sp³-hybridized carbons (Fsp3) is 0.333. The van der Waals surface area contributed by atoms with Crippen molar-refractivity contribution in [3.8, 4) is 11.6 Å². The molecule has 146 valence electrons. The second-order valence-corrected chi connectivity index (χ2v) is 6.91. The second kappa shape index (κ2) is 7.34. The lowest BCUT2D eigenvalue weighted by Crippen LogP contribution is -2.44. The topological polar surface area (TPSA) is 88.7 Å². The number of halogens is 3. The number of aromatic nitrogens is 1. The average molecular weight is 383 g/mol. The van der Waals surface area contributed by atoms with E-state index < -0.39 is 23.5 Å². The molecule has 0 spiro atoms. The number of hydrogen-bond acceptors (Lipinski definition) is 4. The molecule has 0 aliphatic rings. The van der Waals surface area contributed by atoms with Crippen molar-refractivity contribution in [3.63, 3.8) is 0 Å². The van der Waals surface area contributed by atoms with Crippen molar-refractivity contribution in [2.75, 3.05) is 5.73 Å². The van der Waals surface area contributed by atoms with Crippen molar-refractivity contribution in [2.45, 2.75) is 39.0 Å². The normalized spacial score (nSPS) is 11.9. The Balaban J connectivity index is 2.43. The Bertz CT molecular complexity index is 833. The minimum Gasteiger partial charge on any atom is -0.465 e. The largest absolute Gasteiger partial charge is 0.465 e. The van der Waals surface area contributed by atoms with Crippen LogP contribution in [0.2, 0.25) is 0 Å². The van der Waals surface area contributed by atoms with Gasteiger partial charge < -0.3 is 15.6 Å². The van der Waals surface area contributed by atoms with E-state index in [1.165, 1.54) is 18.2 Å². The van der Waals surface area contributed by atoms with E-state index in [4.69, 9.17) is 10.5 Å². The average Bonchev–Trinajstić information content (AvgIpc) is 2.50. The summed E-state index contributed by atoms with van der Waals surface area (Å²) in [6, 6.07) is 8.25. The minimum atomic E-state index is -4.71. The van der Waals surface area contributed by atoms with Crippen molar-refractivity contribution in [3.05, 3.63) is 47.7 Å². The number of carboxylic acid groups (broad SMARTS) is 1. The van der Waals surface area contributed by atoms with Gasteiger partial charge in [-0.1, -0.05) is 6.07 Å². The zero-order valence-electron chi connectivity index (χ0n) is 15.0. The standard InChI is InChI=1S/C18H20F3N3O3/c1-17(2,3)24(16(25)26)10-11-7-14(18(19,20)21)23-15(8-11)27-13-6-4-5-12(22)9-13/h4-9H,10,22H2,1-3H3,(H,25,26). The first-order chi connectivity index (χ1) is 12.4. The Hall–Kier alpha value is -2.97. The van der Waals surface area contributed by atoms with Gasteiger partial charge in [-0.3, -0.25) is 4.90 Å². The highest BCUT2D eigenvalue weighted by molar-refractivity contribution is 5.66. The summed E-state index contributed by atoms with van der Waals surface area (Å²) < 4.78 is 45.0. The Morgan fingerprint density at radius 3 is 2.41 bits per heavy atom. The summed E-state index contributed by atoms with van der Waals surface area (Å²) in [7, 11) is 0. The van der Waals surface area contributed by atoms with Gasteiger partial charge in [-0.2, -0.15) is 13.2 Å². The summed E-state index contributed by atoms with van der Waals surface area (Å²) in [5.74, 6) is -0.0802. The number of nitrogens with two attached hydrogens (primary N) is 1. The molecule has 1 aromatic heterocycles. The van der Waals surface area contributed by atoms with Crippen LogP contribution in [0.25, 0.3) is 0 Å². The molecule has 1 heterocycles. The van der Waals surface area contributed by atoms with Gasteiger partial charge in [0, 0.05) is 29.9 Å². The molecule has 1 aromatic carbocycles. The maximum atomic E-state index is 13.2. The van der Waals surface area contributed by atoms with Crippen LogP contribution in [-0.2, 0) is 12.7 Å². The van der Waals surface area contributed by atoms with Gasteiger partial charge in [0.1, 0.15) is 11.4 Å². The number of amides is 1. The van der Waals surface area contributed by atoms with Gasteiger partial charge in [-0.15, -0.1) is 0 Å². The molecule has 9 heteroatoms. The number of pyridine rings is 1. The van der Waals surface area contributed by atoms with E-state index in [1.54, 1.807) is 32.9 Å². The van der Waals surface area contributed by atoms with Crippen molar-refractivity contribution < 1.29 is 27.8 Å². The van der Waals surface area contributed by atoms with Gasteiger partial charge in [0.2, 0.25) is 5.88 Å². The fourth-order valence-electron chi connectivity index (χ4n) is 2.32. The van der Waals surface area contributed by atoms with Crippen molar-refractivity contribution in [2.24, 2.45) is 0 Å². The van der Waals surface area contributed by atoms with E-state index in [0.717, 1.165) is 11.0 Å². The molecule has 0 fully saturated rings. The third-order valence-corrected chi connectivity index (χ3v) is 3.61. The van der Waals surface area contributed by atoms with Crippen LogP contribution >= 0.6 is 0 Å². The monoisotopic (exact) mass is 383 g/mol. The molecule has 0 saturated carbocycles. The summed E-state index contributed by atoms with van der Waals surface area (Å²) in [6.07, 6.45) is -5.95. The van der Waals surface area contributed by atoms with Crippen LogP contribution < -0.4 is 10.5 Å². The summed E-state index contributed by atoms with van der Waals surface area (Å²) in [4.78, 5) is 16.0. The first-order valence-corrected chi connectivity index (χ1v) is 7.98. The van der Waals surface area contributed by atoms with Crippen LogP contribution in [0.1, 0.15) is 32.0 Å². The second-order valence-electron chi connectivity index (χ2n) is 6.91. The molecule has 0 radical (unpaired) electrons. The van der Waals surface area contributed by atoms with Gasteiger partial charge in [0.25, 0.3) is 0 Å². The summed E-state index contributed by atoms with van der Waals surface area (Å²) >= 11 is 0. The Kier molecular flexibility index (Phi) is 5.53. The van der Waals surface area contributed by atoms with E-state index in [1.807, 2.05) is 0 Å². The van der Waals surface area contributed by atoms with Crippen molar-refractivity contribution >= 4 is 11.8 Å². The predicted octanol–water partition coefficient (Wildman–Crippen LogP) is 4.75. The Morgan fingerprint density at radius 2 is 1.89 bits per heavy atom. The van der Waals surface area contributed by atoms with Crippen LogP contribution in [0.15, 0.2) is 36.4 Å². The highest BCUT2D eigenvalue weighted by atomic mass is 19.4. The molecule has 3 N–H and O–H groups in total. The number of nitrogen functional groups attached to an aromatic ring is 1. The smallest absolute Gasteiger partial charge is 0.433 e. The molecule has 0 bridgehead atoms. The molecule has 0 aliphatic carbocycles. The number of ether oxygens (including phenoxy) is 1. The minimum absolute atomic E-state index is 0.105. The van der Waals surface area contributed by atoms with Gasteiger partial charge in [0.15, 0.2) is 0 Å². The number of alkyl halides is 3. The lowest BCUT2D eigenvalue weighted by atomic mass is 10.1. The quantitative estimate of drug-likeness (QED) is 0.744. The summed E-state index contributed by atoms with van der Waals surface area (Å²) in [6.45, 7) is 4.70. The van der Waals surface area contributed by atoms with Crippen molar-refractivity contribution in [1.82, 2.24) is 9.88 Å². The first kappa shape index (κ1) is 20.3. The van der Waals surface area contributed by atoms with Crippen LogP contribution in [-0.4, -0.2) is 26.6 Å². The molecule has 27 heavy (non-hydrogen) atoms. The molecular weight excluding hydrogens is 363 g/mol. The number of carbonyl (C=O) groups is 1. The number of benzene rings is 1. The number of anilines is 1. The number of rotatable bonds is 4. The van der Waals surface area contributed by atoms with Crippen LogP contribution in [0, 0.1) is 0 Å². The number of nitrogens with zero attached hydrogens (tertiary/aromatic N) is 2. The van der Waals surface area contributed by atoms with Gasteiger partial charge in [0.05, 0.1) is 0 Å². The molecule has 0 aliphatic heterocycles. The van der Waals surface area contributed by atoms with Gasteiger partial charge in [-0.25, -0.2) is 9.78 Å². The van der Waals surface area contributed by atoms with E-state index in [-0.39, 0.29) is 23.7 Å². The van der Waals surface area contributed by atoms with Crippen molar-refractivity contribution in [1.29, 1.82) is 0 Å². The van der Waals surface area contributed by atoms with Crippen LogP contribution in [0.5, 0.6) is 11.6 Å². The number of hydrogen-bond donors (Lipinski definition) is 2. The summed E-state index contributed by atoms with van der Waals surface area (Å²) in [5, 5.41) is 9.38. The Morgan fingerprint density at radius 1 is 1.22 bits per heavy atom. The van der Waals surface area contributed by atoms with Crippen LogP contribution in [0.3, 0.4) is 0 Å². The molecule has 2 aromatic rings. The zero-order chi connectivity index (χ0) is 20.4. The first-order valence-electron chi connectivity index (χ1n) is 7.98. The highest BCUT2D eigenvalue weighted by Gasteiger charge is 2.34. The third-order valence-electron chi connectivity index (χ3n) is 3.61. The highest BCUT2D eigenvalue weighted by Crippen LogP contribution is 2.32. The maximum absolute atomic E-state index is 13.2. The lowest BCUT2D eigenvalue weighted by molar-refractivity contribution is -0.141. The predicted molar refractivity (Wildman–Crippen MR) is 93.5 cm³/mol. The Labute approximate surface area is 154 Å². The third kappa shape index (κ3) is 5.50. The maximum Gasteiger partial charge on any atom is 0.433 e. The zero-order valence-corrected chi connectivity index (χ0v) is 15.0. The molecule has 1 amide bonds. The van der Waals surface area contributed by atoms with Gasteiger partial charge >= 0.3 is 12.3 Å². The fourth-order valence-corrected chi connectivity index (χ4v) is 2.32. The van der Waals surface area contributed by atoms with E-state index in [0.29, 0.717) is 5.69 Å². The molecule has 0 saturated heterocycles.